The van der Waals surface area contributed by atoms with E-state index in [4.69, 9.17) is 8.74 Å². The predicted molar refractivity (Wildman–Crippen MR) is 79.1 cm³/mol. The van der Waals surface area contributed by atoms with Crippen molar-refractivity contribution in [2.45, 2.75) is 32.1 Å². The Morgan fingerprint density at radius 1 is 1.45 bits per heavy atom. The molecule has 0 fully saturated rings. The van der Waals surface area contributed by atoms with Crippen LogP contribution in [0.2, 0.25) is 0 Å². The average Bonchev–Trinajstić information content (AvgIpc) is 2.38. The molecule has 20 heavy (non-hydrogen) atoms. The first-order chi connectivity index (χ1) is 9.38. The first-order valence-electron chi connectivity index (χ1n) is 6.51. The highest BCUT2D eigenvalue weighted by Gasteiger charge is 2.22. The summed E-state index contributed by atoms with van der Waals surface area (Å²) in [6.07, 6.45) is 7.14. The molecule has 4 nitrogen and oxygen atoms in total. The molecule has 0 aliphatic heterocycles. The van der Waals surface area contributed by atoms with Gasteiger partial charge in [0, 0.05) is 17.0 Å². The number of benzene rings is 1. The van der Waals surface area contributed by atoms with Crippen molar-refractivity contribution in [3.05, 3.63) is 48.1 Å². The summed E-state index contributed by atoms with van der Waals surface area (Å²) >= 11 is 0. The van der Waals surface area contributed by atoms with Crippen molar-refractivity contribution in [2.24, 2.45) is 0 Å². The summed E-state index contributed by atoms with van der Waals surface area (Å²) in [5.74, 6) is 0.277. The highest BCUT2D eigenvalue weighted by molar-refractivity contribution is 7.81. The molecule has 0 bridgehead atoms. The summed E-state index contributed by atoms with van der Waals surface area (Å²) < 4.78 is 36.0. The molecule has 1 aromatic rings. The molecule has 0 saturated heterocycles. The predicted octanol–water partition coefficient (Wildman–Crippen LogP) is 3.73. The van der Waals surface area contributed by atoms with Gasteiger partial charge in [-0.05, 0) is 31.8 Å². The van der Waals surface area contributed by atoms with E-state index in [2.05, 4.69) is 18.7 Å². The van der Waals surface area contributed by atoms with Crippen molar-refractivity contribution < 1.29 is 17.2 Å². The molecule has 0 radical (unpaired) electrons. The summed E-state index contributed by atoms with van der Waals surface area (Å²) in [5, 5.41) is 0. The summed E-state index contributed by atoms with van der Waals surface area (Å²) in [4.78, 5) is 0. The van der Waals surface area contributed by atoms with Gasteiger partial charge in [0.1, 0.15) is 0 Å². The van der Waals surface area contributed by atoms with Crippen molar-refractivity contribution in [2.75, 3.05) is 0 Å². The Kier molecular flexibility index (Phi) is 4.30. The summed E-state index contributed by atoms with van der Waals surface area (Å²) in [7, 11) is -4.56. The van der Waals surface area contributed by atoms with E-state index < -0.39 is 10.4 Å². The molecule has 1 aliphatic carbocycles. The van der Waals surface area contributed by atoms with Crippen LogP contribution in [0.25, 0.3) is 5.57 Å². The lowest BCUT2D eigenvalue weighted by atomic mass is 9.87. The average molecular weight is 294 g/mol. The fourth-order valence-corrected chi connectivity index (χ4v) is 2.85. The van der Waals surface area contributed by atoms with Gasteiger partial charge < -0.3 is 4.18 Å². The van der Waals surface area contributed by atoms with Crippen LogP contribution < -0.4 is 4.18 Å². The van der Waals surface area contributed by atoms with Gasteiger partial charge in [0.15, 0.2) is 5.75 Å². The van der Waals surface area contributed by atoms with Crippen LogP contribution in [0, 0.1) is 0 Å². The SMILES string of the molecule is C=C(C)c1cccc(C2C=CCCC2)c1OS(=O)(=O)O. The second-order valence-corrected chi connectivity index (χ2v) is 6.00. The monoisotopic (exact) mass is 294 g/mol. The van der Waals surface area contributed by atoms with Gasteiger partial charge in [0.2, 0.25) is 0 Å². The molecule has 1 unspecified atom stereocenters. The maximum atomic E-state index is 11.1. The summed E-state index contributed by atoms with van der Waals surface area (Å²) in [6, 6.07) is 5.41. The zero-order valence-corrected chi connectivity index (χ0v) is 12.2. The lowest BCUT2D eigenvalue weighted by Gasteiger charge is -2.21. The number of para-hydroxylation sites is 1. The Labute approximate surface area is 119 Å². The van der Waals surface area contributed by atoms with E-state index in [1.54, 1.807) is 13.0 Å². The quantitative estimate of drug-likeness (QED) is 0.679. The third-order valence-electron chi connectivity index (χ3n) is 3.35. The zero-order valence-electron chi connectivity index (χ0n) is 11.4. The zero-order chi connectivity index (χ0) is 14.8. The molecule has 5 heteroatoms. The summed E-state index contributed by atoms with van der Waals surface area (Å²) in [6.45, 7) is 5.60. The molecule has 0 amide bonds. The van der Waals surface area contributed by atoms with E-state index >= 15 is 0 Å². The minimum atomic E-state index is -4.56. The Hall–Kier alpha value is -1.59. The van der Waals surface area contributed by atoms with E-state index in [0.717, 1.165) is 24.8 Å². The van der Waals surface area contributed by atoms with Gasteiger partial charge in [-0.15, -0.1) is 0 Å². The van der Waals surface area contributed by atoms with Crippen molar-refractivity contribution in [1.29, 1.82) is 0 Å². The van der Waals surface area contributed by atoms with Gasteiger partial charge in [0.05, 0.1) is 0 Å². The number of rotatable bonds is 4. The Morgan fingerprint density at radius 2 is 2.20 bits per heavy atom. The van der Waals surface area contributed by atoms with E-state index in [9.17, 15) is 8.42 Å². The topological polar surface area (TPSA) is 63.6 Å². The van der Waals surface area contributed by atoms with E-state index in [1.807, 2.05) is 12.1 Å². The summed E-state index contributed by atoms with van der Waals surface area (Å²) in [5.41, 5.74) is 2.04. The van der Waals surface area contributed by atoms with Crippen LogP contribution in [0.4, 0.5) is 0 Å². The first kappa shape index (κ1) is 14.8. The standard InChI is InChI=1S/C15H18O4S/c1-11(2)13-9-6-10-14(12-7-4-3-5-8-12)15(13)19-20(16,17)18/h4,6-7,9-10,12H,1,3,5,8H2,2H3,(H,16,17,18). The minimum Gasteiger partial charge on any atom is -0.361 e. The number of hydrogen-bond donors (Lipinski definition) is 1. The number of hydrogen-bond acceptors (Lipinski definition) is 3. The Balaban J connectivity index is 2.55. The van der Waals surface area contributed by atoms with Crippen LogP contribution >= 0.6 is 0 Å². The lowest BCUT2D eigenvalue weighted by Crippen LogP contribution is -2.12. The highest BCUT2D eigenvalue weighted by atomic mass is 32.3. The van der Waals surface area contributed by atoms with Crippen LogP contribution in [0.1, 0.15) is 43.2 Å². The molecule has 0 aromatic heterocycles. The molecule has 0 saturated carbocycles. The maximum absolute atomic E-state index is 11.1. The van der Waals surface area contributed by atoms with Gasteiger partial charge in [0.25, 0.3) is 0 Å². The van der Waals surface area contributed by atoms with Crippen molar-refractivity contribution >= 4 is 16.0 Å². The van der Waals surface area contributed by atoms with Gasteiger partial charge in [-0.3, -0.25) is 4.55 Å². The van der Waals surface area contributed by atoms with Crippen LogP contribution in [0.5, 0.6) is 5.75 Å². The highest BCUT2D eigenvalue weighted by Crippen LogP contribution is 2.38. The normalized spacial score (nSPS) is 18.8. The lowest BCUT2D eigenvalue weighted by molar-refractivity contribution is 0.383. The van der Waals surface area contributed by atoms with Crippen LogP contribution in [-0.4, -0.2) is 13.0 Å². The fraction of sp³-hybridized carbons (Fsp3) is 0.333. The number of allylic oxidation sites excluding steroid dienone is 3. The van der Waals surface area contributed by atoms with Crippen LogP contribution in [0.3, 0.4) is 0 Å². The van der Waals surface area contributed by atoms with E-state index in [0.29, 0.717) is 11.1 Å². The molecule has 1 N–H and O–H groups in total. The Bertz CT molecular complexity index is 644. The maximum Gasteiger partial charge on any atom is 0.446 e. The second kappa shape index (κ2) is 5.81. The molecule has 1 atom stereocenters. The third kappa shape index (κ3) is 3.49. The van der Waals surface area contributed by atoms with E-state index in [1.165, 1.54) is 0 Å². The van der Waals surface area contributed by atoms with Gasteiger partial charge in [-0.1, -0.05) is 36.9 Å². The molecule has 1 aliphatic rings. The van der Waals surface area contributed by atoms with Gasteiger partial charge >= 0.3 is 10.4 Å². The van der Waals surface area contributed by atoms with Crippen LogP contribution in [0.15, 0.2) is 36.9 Å². The molecule has 108 valence electrons. The van der Waals surface area contributed by atoms with Crippen molar-refractivity contribution in [3.8, 4) is 5.75 Å². The molecule has 1 aromatic carbocycles. The smallest absolute Gasteiger partial charge is 0.361 e. The van der Waals surface area contributed by atoms with Crippen molar-refractivity contribution in [1.82, 2.24) is 0 Å². The Morgan fingerprint density at radius 3 is 2.75 bits per heavy atom. The largest absolute Gasteiger partial charge is 0.446 e. The molecule has 0 spiro atoms. The fourth-order valence-electron chi connectivity index (χ4n) is 2.45. The minimum absolute atomic E-state index is 0.0970. The molecular formula is C15H18O4S. The van der Waals surface area contributed by atoms with Gasteiger partial charge in [-0.25, -0.2) is 0 Å². The second-order valence-electron chi connectivity index (χ2n) is 4.98. The molecule has 2 rings (SSSR count). The first-order valence-corrected chi connectivity index (χ1v) is 7.87. The van der Waals surface area contributed by atoms with Crippen molar-refractivity contribution in [3.63, 3.8) is 0 Å². The molecule has 0 heterocycles. The molecular weight excluding hydrogens is 276 g/mol. The van der Waals surface area contributed by atoms with E-state index in [-0.39, 0.29) is 11.7 Å². The van der Waals surface area contributed by atoms with Crippen LogP contribution in [-0.2, 0) is 10.4 Å². The van der Waals surface area contributed by atoms with Gasteiger partial charge in [-0.2, -0.15) is 8.42 Å². The third-order valence-corrected chi connectivity index (χ3v) is 3.72.